The van der Waals surface area contributed by atoms with Gasteiger partial charge in [-0.3, -0.25) is 14.6 Å². The topological polar surface area (TPSA) is 149 Å². The molecular formula is C45H60N6O8. The second kappa shape index (κ2) is 23.1. The summed E-state index contributed by atoms with van der Waals surface area (Å²) in [6.45, 7) is 15.9. The Bertz CT molecular complexity index is 1930. The van der Waals surface area contributed by atoms with E-state index in [0.29, 0.717) is 76.0 Å². The van der Waals surface area contributed by atoms with E-state index >= 15 is 0 Å². The monoisotopic (exact) mass is 812 g/mol. The minimum absolute atomic E-state index is 0.124. The smallest absolute Gasteiger partial charge is 0.303 e. The number of rotatable bonds is 23. The number of hydrogen-bond acceptors (Lipinski definition) is 13. The van der Waals surface area contributed by atoms with E-state index in [1.54, 1.807) is 0 Å². The van der Waals surface area contributed by atoms with Crippen LogP contribution >= 0.6 is 0 Å². The Morgan fingerprint density at radius 1 is 0.678 bits per heavy atom. The van der Waals surface area contributed by atoms with Crippen molar-refractivity contribution in [3.05, 3.63) is 94.0 Å². The molecule has 0 atom stereocenters. The van der Waals surface area contributed by atoms with E-state index in [1.165, 1.54) is 0 Å². The number of morpholine rings is 2. The molecule has 0 amide bonds. The number of pyridine rings is 2. The fourth-order valence-corrected chi connectivity index (χ4v) is 7.12. The molecule has 6 rings (SSSR count). The van der Waals surface area contributed by atoms with E-state index in [1.807, 2.05) is 31.3 Å². The number of hydrogen-bond donors (Lipinski definition) is 3. The second-order valence-electron chi connectivity index (χ2n) is 14.8. The zero-order valence-corrected chi connectivity index (χ0v) is 34.8. The lowest BCUT2D eigenvalue weighted by Gasteiger charge is -2.26. The molecule has 2 aliphatic rings. The number of carbonyl (C=O) groups is 1. The van der Waals surface area contributed by atoms with Gasteiger partial charge in [-0.2, -0.15) is 9.97 Å². The number of nitrogens with zero attached hydrogens (tertiary/aromatic N) is 4. The molecule has 4 aromatic rings. The Morgan fingerprint density at radius 3 is 1.64 bits per heavy atom. The summed E-state index contributed by atoms with van der Waals surface area (Å²) in [6.07, 6.45) is 0.669. The van der Waals surface area contributed by atoms with E-state index in [-0.39, 0.29) is 6.42 Å². The van der Waals surface area contributed by atoms with Crippen LogP contribution < -0.4 is 29.6 Å². The summed E-state index contributed by atoms with van der Waals surface area (Å²) in [5, 5.41) is 15.5. The summed E-state index contributed by atoms with van der Waals surface area (Å²) in [5.41, 5.74) is 8.51. The van der Waals surface area contributed by atoms with Crippen LogP contribution in [0.15, 0.2) is 60.7 Å². The highest BCUT2D eigenvalue weighted by molar-refractivity contribution is 5.72. The summed E-state index contributed by atoms with van der Waals surface area (Å²) in [6, 6.07) is 20.3. The molecule has 0 saturated carbocycles. The van der Waals surface area contributed by atoms with Crippen molar-refractivity contribution in [2.45, 2.75) is 53.0 Å². The number of carboxylic acid groups (broad SMARTS) is 1. The highest BCUT2D eigenvalue weighted by atomic mass is 16.5. The van der Waals surface area contributed by atoms with Gasteiger partial charge in [0, 0.05) is 82.0 Å². The average Bonchev–Trinajstić information content (AvgIpc) is 3.25. The van der Waals surface area contributed by atoms with Crippen LogP contribution in [0.4, 0.5) is 0 Å². The fourth-order valence-electron chi connectivity index (χ4n) is 7.12. The Hall–Kier alpha value is -4.83. The number of aliphatic carboxylic acids is 1. The third kappa shape index (κ3) is 13.3. The highest BCUT2D eigenvalue weighted by Crippen LogP contribution is 2.32. The third-order valence-electron chi connectivity index (χ3n) is 10.7. The molecule has 0 radical (unpaired) electrons. The van der Waals surface area contributed by atoms with Crippen LogP contribution in [-0.2, 0) is 40.6 Å². The van der Waals surface area contributed by atoms with Gasteiger partial charge >= 0.3 is 5.97 Å². The van der Waals surface area contributed by atoms with E-state index in [0.717, 1.165) is 110 Å². The maximum Gasteiger partial charge on any atom is 0.303 e. The number of benzene rings is 2. The molecule has 59 heavy (non-hydrogen) atoms. The summed E-state index contributed by atoms with van der Waals surface area (Å²) in [4.78, 5) is 25.1. The van der Waals surface area contributed by atoms with Gasteiger partial charge in [-0.25, -0.2) is 0 Å². The van der Waals surface area contributed by atoms with Gasteiger partial charge in [-0.15, -0.1) is 0 Å². The molecule has 3 N–H and O–H groups in total. The minimum Gasteiger partial charge on any atom is -0.481 e. The first-order valence-corrected chi connectivity index (χ1v) is 20.7. The third-order valence-corrected chi connectivity index (χ3v) is 10.7. The Labute approximate surface area is 348 Å². The molecule has 14 heteroatoms. The SMILES string of the molecule is CNCc1ccc(OCc2cccc(-c3cccc(COc4ccc(CNCCCC(=O)O)c(OCCN5CCOCC5)n4)c3C)c2C)nc1OCCN1CCOCC1. The van der Waals surface area contributed by atoms with Crippen molar-refractivity contribution < 1.29 is 38.3 Å². The maximum absolute atomic E-state index is 10.9. The van der Waals surface area contributed by atoms with Crippen LogP contribution in [0, 0.1) is 13.8 Å². The molecule has 2 fully saturated rings. The van der Waals surface area contributed by atoms with Crippen molar-refractivity contribution >= 4 is 5.97 Å². The molecule has 2 aromatic carbocycles. The first-order valence-electron chi connectivity index (χ1n) is 20.7. The summed E-state index contributed by atoms with van der Waals surface area (Å²) in [7, 11) is 1.91. The van der Waals surface area contributed by atoms with Crippen LogP contribution in [0.25, 0.3) is 11.1 Å². The predicted molar refractivity (Wildman–Crippen MR) is 225 cm³/mol. The molecule has 2 saturated heterocycles. The molecule has 14 nitrogen and oxygen atoms in total. The van der Waals surface area contributed by atoms with Gasteiger partial charge < -0.3 is 44.2 Å². The maximum atomic E-state index is 10.9. The predicted octanol–water partition coefficient (Wildman–Crippen LogP) is 5.01. The van der Waals surface area contributed by atoms with Crippen LogP contribution in [0.2, 0.25) is 0 Å². The Kier molecular flexibility index (Phi) is 17.1. The quantitative estimate of drug-likeness (QED) is 0.0862. The molecular weight excluding hydrogens is 753 g/mol. The second-order valence-corrected chi connectivity index (χ2v) is 14.8. The summed E-state index contributed by atoms with van der Waals surface area (Å²) < 4.78 is 35.9. The Balaban J connectivity index is 1.09. The molecule has 4 heterocycles. The lowest BCUT2D eigenvalue weighted by molar-refractivity contribution is -0.137. The molecule has 0 unspecified atom stereocenters. The van der Waals surface area contributed by atoms with Crippen molar-refractivity contribution in [3.8, 4) is 34.6 Å². The highest BCUT2D eigenvalue weighted by Gasteiger charge is 2.17. The van der Waals surface area contributed by atoms with E-state index in [2.05, 4.69) is 70.7 Å². The van der Waals surface area contributed by atoms with Gasteiger partial charge in [-0.05, 0) is 79.4 Å². The average molecular weight is 813 g/mol. The van der Waals surface area contributed by atoms with Gasteiger partial charge in [0.25, 0.3) is 0 Å². The number of ether oxygens (including phenoxy) is 6. The van der Waals surface area contributed by atoms with Crippen molar-refractivity contribution in [2.24, 2.45) is 0 Å². The first kappa shape index (κ1) is 43.7. The molecule has 0 bridgehead atoms. The number of aromatic nitrogens is 2. The van der Waals surface area contributed by atoms with Crippen molar-refractivity contribution in [1.82, 2.24) is 30.4 Å². The van der Waals surface area contributed by atoms with Crippen LogP contribution in [0.1, 0.15) is 46.2 Å². The standard InChI is InChI=1S/C45H60N6O8/c1-33-37(31-58-41-14-12-35(29-46-3)44(48-41)56-27-21-50-17-23-54-24-18-50)7-4-9-39(33)40-10-5-8-38(34(40)2)32-59-42-15-13-36(30-47-16-6-11-43(52)53)45(49-42)57-28-22-51-19-25-55-26-20-51/h4-5,7-10,12-15,46-47H,6,11,16-32H2,1-3H3,(H,52,53). The molecule has 0 spiro atoms. The largest absolute Gasteiger partial charge is 0.481 e. The molecule has 0 aliphatic carbocycles. The van der Waals surface area contributed by atoms with Gasteiger partial charge in [-0.1, -0.05) is 36.4 Å². The summed E-state index contributed by atoms with van der Waals surface area (Å²) >= 11 is 0. The summed E-state index contributed by atoms with van der Waals surface area (Å²) in [5.74, 6) is 1.29. The van der Waals surface area contributed by atoms with E-state index in [9.17, 15) is 4.79 Å². The Morgan fingerprint density at radius 2 is 1.17 bits per heavy atom. The first-order chi connectivity index (χ1) is 28.9. The molecule has 318 valence electrons. The lowest BCUT2D eigenvalue weighted by atomic mass is 9.92. The van der Waals surface area contributed by atoms with E-state index < -0.39 is 5.97 Å². The lowest BCUT2D eigenvalue weighted by Crippen LogP contribution is -2.38. The van der Waals surface area contributed by atoms with Crippen molar-refractivity contribution in [1.29, 1.82) is 0 Å². The number of nitrogens with one attached hydrogen (secondary N) is 2. The van der Waals surface area contributed by atoms with Gasteiger partial charge in [0.1, 0.15) is 26.4 Å². The van der Waals surface area contributed by atoms with Crippen molar-refractivity contribution in [3.63, 3.8) is 0 Å². The van der Waals surface area contributed by atoms with Gasteiger partial charge in [0.05, 0.1) is 26.4 Å². The van der Waals surface area contributed by atoms with Gasteiger partial charge in [0.2, 0.25) is 23.5 Å². The molecule has 2 aromatic heterocycles. The minimum atomic E-state index is -0.798. The normalized spacial score (nSPS) is 14.9. The van der Waals surface area contributed by atoms with Crippen LogP contribution in [0.5, 0.6) is 23.5 Å². The zero-order valence-electron chi connectivity index (χ0n) is 34.8. The fraction of sp³-hybridized carbons (Fsp3) is 0.489. The zero-order chi connectivity index (χ0) is 41.2. The van der Waals surface area contributed by atoms with E-state index in [4.69, 9.17) is 43.5 Å². The van der Waals surface area contributed by atoms with Crippen LogP contribution in [0.3, 0.4) is 0 Å². The van der Waals surface area contributed by atoms with Gasteiger partial charge in [0.15, 0.2) is 0 Å². The van der Waals surface area contributed by atoms with Crippen LogP contribution in [-0.4, -0.2) is 123 Å². The molecule has 2 aliphatic heterocycles. The number of carboxylic acids is 1. The van der Waals surface area contributed by atoms with Crippen molar-refractivity contribution in [2.75, 3.05) is 92.5 Å².